The first-order valence-corrected chi connectivity index (χ1v) is 12.9. The minimum Gasteiger partial charge on any atom is -0.352 e. The van der Waals surface area contributed by atoms with Crippen molar-refractivity contribution in [3.05, 3.63) is 29.8 Å². The Morgan fingerprint density at radius 2 is 1.29 bits per heavy atom. The molecule has 0 fully saturated rings. The normalized spacial score (nSPS) is 10.6. The van der Waals surface area contributed by atoms with Gasteiger partial charge in [-0.05, 0) is 37.8 Å². The lowest BCUT2D eigenvalue weighted by Gasteiger charge is -2.22. The molecule has 200 valence electrons. The summed E-state index contributed by atoms with van der Waals surface area (Å²) in [6.07, 6.45) is 0.916. The molecule has 2 unspecified atom stereocenters. The van der Waals surface area contributed by atoms with Crippen molar-refractivity contribution in [1.82, 2.24) is 10.6 Å². The molecule has 4 amide bonds. The molecular formula is C27H54N4O3. The maximum atomic E-state index is 12.6. The fourth-order valence-electron chi connectivity index (χ4n) is 2.26. The van der Waals surface area contributed by atoms with Gasteiger partial charge in [0.2, 0.25) is 11.8 Å². The molecule has 0 aromatic heterocycles. The molecule has 0 aliphatic heterocycles. The highest BCUT2D eigenvalue weighted by molar-refractivity contribution is 5.97. The lowest BCUT2D eigenvalue weighted by atomic mass is 9.96. The van der Waals surface area contributed by atoms with Crippen LogP contribution in [-0.2, 0) is 9.59 Å². The maximum absolute atomic E-state index is 12.6. The van der Waals surface area contributed by atoms with Gasteiger partial charge in [0.25, 0.3) is 0 Å². The van der Waals surface area contributed by atoms with Gasteiger partial charge in [-0.15, -0.1) is 0 Å². The number of urea groups is 1. The summed E-state index contributed by atoms with van der Waals surface area (Å²) >= 11 is 0. The molecule has 0 saturated heterocycles. The topological polar surface area (TPSA) is 113 Å². The van der Waals surface area contributed by atoms with Crippen LogP contribution < -0.4 is 21.7 Å². The van der Waals surface area contributed by atoms with Gasteiger partial charge in [-0.25, -0.2) is 4.79 Å². The maximum Gasteiger partial charge on any atom is 0.312 e. The molecule has 1 aromatic carbocycles. The van der Waals surface area contributed by atoms with E-state index in [4.69, 9.17) is 5.73 Å². The number of nitrogens with two attached hydrogens (primary N) is 1. The highest BCUT2D eigenvalue weighted by atomic mass is 16.2. The van der Waals surface area contributed by atoms with Crippen LogP contribution in [0.5, 0.6) is 0 Å². The van der Waals surface area contributed by atoms with E-state index in [-0.39, 0.29) is 23.7 Å². The van der Waals surface area contributed by atoms with E-state index in [1.807, 2.05) is 107 Å². The molecule has 0 aliphatic rings. The summed E-state index contributed by atoms with van der Waals surface area (Å²) in [4.78, 5) is 35.7. The van der Waals surface area contributed by atoms with E-state index in [0.29, 0.717) is 25.1 Å². The molecule has 7 heteroatoms. The highest BCUT2D eigenvalue weighted by Crippen LogP contribution is 2.13. The van der Waals surface area contributed by atoms with Crippen molar-refractivity contribution < 1.29 is 14.4 Å². The van der Waals surface area contributed by atoms with Gasteiger partial charge in [0.1, 0.15) is 6.04 Å². The highest BCUT2D eigenvalue weighted by Gasteiger charge is 2.24. The summed E-state index contributed by atoms with van der Waals surface area (Å²) in [5.74, 6) is -0.468. The second kappa shape index (κ2) is 26.7. The van der Waals surface area contributed by atoms with E-state index in [9.17, 15) is 14.4 Å². The predicted octanol–water partition coefficient (Wildman–Crippen LogP) is 6.26. The van der Waals surface area contributed by atoms with Gasteiger partial charge < -0.3 is 21.7 Å². The van der Waals surface area contributed by atoms with E-state index in [0.717, 1.165) is 5.56 Å². The van der Waals surface area contributed by atoms with E-state index >= 15 is 0 Å². The van der Waals surface area contributed by atoms with Crippen molar-refractivity contribution in [3.8, 4) is 0 Å². The first-order chi connectivity index (χ1) is 16.2. The molecule has 0 bridgehead atoms. The first-order valence-electron chi connectivity index (χ1n) is 12.9. The van der Waals surface area contributed by atoms with Crippen molar-refractivity contribution in [2.45, 2.75) is 102 Å². The van der Waals surface area contributed by atoms with E-state index in [1.165, 1.54) is 0 Å². The van der Waals surface area contributed by atoms with Crippen molar-refractivity contribution >= 4 is 23.5 Å². The Morgan fingerprint density at radius 3 is 1.71 bits per heavy atom. The Bertz CT molecular complexity index is 617. The van der Waals surface area contributed by atoms with Gasteiger partial charge in [0.15, 0.2) is 0 Å². The van der Waals surface area contributed by atoms with Gasteiger partial charge in [-0.1, -0.05) is 93.9 Å². The molecule has 0 spiro atoms. The van der Waals surface area contributed by atoms with Crippen molar-refractivity contribution in [1.29, 1.82) is 0 Å². The molecule has 2 atom stereocenters. The molecular weight excluding hydrogens is 428 g/mol. The number of primary amides is 1. The number of benzene rings is 1. The summed E-state index contributed by atoms with van der Waals surface area (Å²) in [5.41, 5.74) is 6.80. The van der Waals surface area contributed by atoms with Crippen LogP contribution in [0.15, 0.2) is 24.3 Å². The summed E-state index contributed by atoms with van der Waals surface area (Å²) in [6.45, 7) is 24.1. The molecule has 5 N–H and O–H groups in total. The standard InChI is InChI=1S/C19H30N4O3.4C2H6/c1-12(2)14(4)17(24)23-16(6-5-11-21-19(20)26)18(25)22-15-9-7-13(3)8-10-15;4*1-2/h7-10,12,14,16H,5-6,11H2,1-4H3,(H,22,25)(H,23,24)(H3,20,21,26);4*1-2H3. The smallest absolute Gasteiger partial charge is 0.312 e. The predicted molar refractivity (Wildman–Crippen MR) is 148 cm³/mol. The van der Waals surface area contributed by atoms with E-state index in [2.05, 4.69) is 16.0 Å². The SMILES string of the molecule is CC.CC.CC.CC.Cc1ccc(NC(=O)C(CCCNC(N)=O)NC(=O)C(C)C(C)C)cc1. The molecule has 0 radical (unpaired) electrons. The molecule has 1 rings (SSSR count). The second-order valence-electron chi connectivity index (χ2n) is 6.88. The number of rotatable bonds is 9. The summed E-state index contributed by atoms with van der Waals surface area (Å²) < 4.78 is 0. The zero-order chi connectivity index (χ0) is 27.7. The molecule has 7 nitrogen and oxygen atoms in total. The summed E-state index contributed by atoms with van der Waals surface area (Å²) in [6, 6.07) is 6.15. The lowest BCUT2D eigenvalue weighted by Crippen LogP contribution is -2.46. The van der Waals surface area contributed by atoms with Gasteiger partial charge in [0, 0.05) is 18.2 Å². The van der Waals surface area contributed by atoms with Crippen molar-refractivity contribution in [3.63, 3.8) is 0 Å². The van der Waals surface area contributed by atoms with Crippen LogP contribution in [0.25, 0.3) is 0 Å². The molecule has 1 aromatic rings. The zero-order valence-corrected chi connectivity index (χ0v) is 24.0. The van der Waals surface area contributed by atoms with Crippen LogP contribution in [0.4, 0.5) is 10.5 Å². The number of hydrogen-bond donors (Lipinski definition) is 4. The van der Waals surface area contributed by atoms with Gasteiger partial charge in [-0.3, -0.25) is 9.59 Å². The van der Waals surface area contributed by atoms with Crippen LogP contribution in [0.3, 0.4) is 0 Å². The van der Waals surface area contributed by atoms with E-state index < -0.39 is 12.1 Å². The van der Waals surface area contributed by atoms with Crippen LogP contribution in [0.1, 0.15) is 94.6 Å². The minimum absolute atomic E-state index is 0.160. The average Bonchev–Trinajstić information content (AvgIpc) is 2.86. The third-order valence-corrected chi connectivity index (χ3v) is 4.33. The second-order valence-corrected chi connectivity index (χ2v) is 6.88. The number of nitrogens with one attached hydrogen (secondary N) is 3. The zero-order valence-electron chi connectivity index (χ0n) is 24.0. The number of carbonyl (C=O) groups is 3. The van der Waals surface area contributed by atoms with Crippen molar-refractivity contribution in [2.75, 3.05) is 11.9 Å². The Balaban J connectivity index is -0.000000506. The quantitative estimate of drug-likeness (QED) is 0.311. The Kier molecular flexibility index (Phi) is 30.4. The fraction of sp³-hybridized carbons (Fsp3) is 0.667. The number of carbonyl (C=O) groups excluding carboxylic acids is 3. The van der Waals surface area contributed by atoms with Crippen LogP contribution in [-0.4, -0.2) is 30.4 Å². The largest absolute Gasteiger partial charge is 0.352 e. The third kappa shape index (κ3) is 20.1. The summed E-state index contributed by atoms with van der Waals surface area (Å²) in [5, 5.41) is 8.13. The van der Waals surface area contributed by atoms with Gasteiger partial charge in [0.05, 0.1) is 0 Å². The average molecular weight is 483 g/mol. The van der Waals surface area contributed by atoms with Crippen molar-refractivity contribution in [2.24, 2.45) is 17.6 Å². The molecule has 34 heavy (non-hydrogen) atoms. The van der Waals surface area contributed by atoms with Crippen LogP contribution in [0, 0.1) is 18.8 Å². The fourth-order valence-corrected chi connectivity index (χ4v) is 2.26. The number of anilines is 1. The number of aryl methyl sites for hydroxylation is 1. The Hall–Kier alpha value is -2.57. The monoisotopic (exact) mass is 482 g/mol. The summed E-state index contributed by atoms with van der Waals surface area (Å²) in [7, 11) is 0. The number of amides is 4. The van der Waals surface area contributed by atoms with E-state index in [1.54, 1.807) is 0 Å². The van der Waals surface area contributed by atoms with Gasteiger partial charge in [-0.2, -0.15) is 0 Å². The molecule has 0 aliphatic carbocycles. The lowest BCUT2D eigenvalue weighted by molar-refractivity contribution is -0.130. The van der Waals surface area contributed by atoms with Gasteiger partial charge >= 0.3 is 6.03 Å². The molecule has 0 saturated carbocycles. The first kappa shape index (κ1) is 38.7. The van der Waals surface area contributed by atoms with Crippen LogP contribution in [0.2, 0.25) is 0 Å². The Labute approximate surface area is 210 Å². The minimum atomic E-state index is -0.681. The number of hydrogen-bond acceptors (Lipinski definition) is 3. The Morgan fingerprint density at radius 1 is 0.824 bits per heavy atom. The molecule has 0 heterocycles. The van der Waals surface area contributed by atoms with Crippen LogP contribution >= 0.6 is 0 Å². The third-order valence-electron chi connectivity index (χ3n) is 4.33.